The number of amides is 2. The summed E-state index contributed by atoms with van der Waals surface area (Å²) in [6, 6.07) is -0.273. The first-order valence-electron chi connectivity index (χ1n) is 7.23. The van der Waals surface area contributed by atoms with Gasteiger partial charge in [0.05, 0.1) is 5.41 Å². The second kappa shape index (κ2) is 8.79. The number of carboxylic acids is 1. The van der Waals surface area contributed by atoms with Crippen molar-refractivity contribution in [1.29, 1.82) is 0 Å². The van der Waals surface area contributed by atoms with Crippen molar-refractivity contribution in [2.75, 3.05) is 19.7 Å². The molecular weight excluding hydrogens is 260 g/mol. The topological polar surface area (TPSA) is 89.9 Å². The molecule has 6 heteroatoms. The van der Waals surface area contributed by atoms with Crippen molar-refractivity contribution in [3.63, 3.8) is 0 Å². The van der Waals surface area contributed by atoms with E-state index in [2.05, 4.69) is 5.32 Å². The number of nitrogens with zero attached hydrogens (tertiary/aromatic N) is 1. The second-order valence-electron chi connectivity index (χ2n) is 5.32. The lowest BCUT2D eigenvalue weighted by Crippen LogP contribution is -2.49. The van der Waals surface area contributed by atoms with Crippen molar-refractivity contribution >= 4 is 12.0 Å². The number of aliphatic hydroxyl groups is 1. The van der Waals surface area contributed by atoms with Crippen LogP contribution in [-0.2, 0) is 4.79 Å². The van der Waals surface area contributed by atoms with E-state index in [0.717, 1.165) is 0 Å². The SMILES string of the molecule is CCC(CC)(CNC(=O)N(CCCO)C(C)C)C(=O)O. The molecule has 0 saturated carbocycles. The third-order valence-electron chi connectivity index (χ3n) is 3.83. The minimum atomic E-state index is -0.907. The maximum absolute atomic E-state index is 12.1. The highest BCUT2D eigenvalue weighted by atomic mass is 16.4. The summed E-state index contributed by atoms with van der Waals surface area (Å²) < 4.78 is 0. The zero-order valence-electron chi connectivity index (χ0n) is 13.0. The van der Waals surface area contributed by atoms with Crippen LogP contribution in [0.4, 0.5) is 4.79 Å². The molecule has 0 saturated heterocycles. The first kappa shape index (κ1) is 18.7. The van der Waals surface area contributed by atoms with Crippen LogP contribution in [0.3, 0.4) is 0 Å². The number of hydrogen-bond donors (Lipinski definition) is 3. The lowest BCUT2D eigenvalue weighted by molar-refractivity contribution is -0.149. The van der Waals surface area contributed by atoms with Gasteiger partial charge in [0, 0.05) is 25.7 Å². The maximum Gasteiger partial charge on any atom is 0.317 e. The van der Waals surface area contributed by atoms with E-state index in [1.54, 1.807) is 4.90 Å². The van der Waals surface area contributed by atoms with Crippen molar-refractivity contribution in [2.24, 2.45) is 5.41 Å². The van der Waals surface area contributed by atoms with Crippen LogP contribution in [0, 0.1) is 5.41 Å². The number of nitrogens with one attached hydrogen (secondary N) is 1. The summed E-state index contributed by atoms with van der Waals surface area (Å²) in [5.74, 6) is -0.880. The molecule has 0 aromatic rings. The van der Waals surface area contributed by atoms with Crippen molar-refractivity contribution in [3.05, 3.63) is 0 Å². The molecule has 0 aromatic heterocycles. The molecule has 0 bridgehead atoms. The monoisotopic (exact) mass is 288 g/mol. The van der Waals surface area contributed by atoms with E-state index in [-0.39, 0.29) is 25.2 Å². The fraction of sp³-hybridized carbons (Fsp3) is 0.857. The third-order valence-corrected chi connectivity index (χ3v) is 3.83. The first-order valence-corrected chi connectivity index (χ1v) is 7.23. The van der Waals surface area contributed by atoms with Gasteiger partial charge in [0.15, 0.2) is 0 Å². The summed E-state index contributed by atoms with van der Waals surface area (Å²) in [7, 11) is 0. The normalized spacial score (nSPS) is 11.5. The smallest absolute Gasteiger partial charge is 0.317 e. The Morgan fingerprint density at radius 1 is 1.25 bits per heavy atom. The van der Waals surface area contributed by atoms with Gasteiger partial charge in [-0.2, -0.15) is 0 Å². The highest BCUT2D eigenvalue weighted by Crippen LogP contribution is 2.25. The van der Waals surface area contributed by atoms with Crippen molar-refractivity contribution in [1.82, 2.24) is 10.2 Å². The Morgan fingerprint density at radius 3 is 2.15 bits per heavy atom. The molecule has 0 aliphatic carbocycles. The number of carboxylic acid groups (broad SMARTS) is 1. The van der Waals surface area contributed by atoms with Gasteiger partial charge in [0.25, 0.3) is 0 Å². The minimum Gasteiger partial charge on any atom is -0.481 e. The molecule has 2 amide bonds. The Labute approximate surface area is 121 Å². The molecule has 0 aliphatic rings. The Balaban J connectivity index is 4.67. The summed E-state index contributed by atoms with van der Waals surface area (Å²) in [6.07, 6.45) is 1.45. The van der Waals surface area contributed by atoms with Crippen LogP contribution < -0.4 is 5.32 Å². The van der Waals surface area contributed by atoms with Gasteiger partial charge in [-0.1, -0.05) is 13.8 Å². The summed E-state index contributed by atoms with van der Waals surface area (Å²) in [5.41, 5.74) is -0.907. The lowest BCUT2D eigenvalue weighted by Gasteiger charge is -2.31. The molecular formula is C14H28N2O4. The van der Waals surface area contributed by atoms with Gasteiger partial charge in [0.1, 0.15) is 0 Å². The van der Waals surface area contributed by atoms with Crippen LogP contribution >= 0.6 is 0 Å². The quantitative estimate of drug-likeness (QED) is 0.602. The second-order valence-corrected chi connectivity index (χ2v) is 5.32. The third kappa shape index (κ3) is 5.00. The highest BCUT2D eigenvalue weighted by molar-refractivity contribution is 5.78. The molecule has 0 atom stereocenters. The van der Waals surface area contributed by atoms with Crippen LogP contribution in [0.2, 0.25) is 0 Å². The Bertz CT molecular complexity index is 314. The Hall–Kier alpha value is -1.30. The summed E-state index contributed by atoms with van der Waals surface area (Å²) in [4.78, 5) is 25.1. The number of hydrogen-bond acceptors (Lipinski definition) is 3. The van der Waals surface area contributed by atoms with E-state index in [1.807, 2.05) is 27.7 Å². The molecule has 20 heavy (non-hydrogen) atoms. The highest BCUT2D eigenvalue weighted by Gasteiger charge is 2.35. The van der Waals surface area contributed by atoms with Crippen LogP contribution in [0.1, 0.15) is 47.0 Å². The number of aliphatic carboxylic acids is 1. The largest absolute Gasteiger partial charge is 0.481 e. The van der Waals surface area contributed by atoms with E-state index in [9.17, 15) is 14.7 Å². The Kier molecular flexibility index (Phi) is 8.22. The van der Waals surface area contributed by atoms with Crippen molar-refractivity contribution in [2.45, 2.75) is 53.0 Å². The predicted molar refractivity (Wildman–Crippen MR) is 77.6 cm³/mol. The van der Waals surface area contributed by atoms with Gasteiger partial charge < -0.3 is 20.4 Å². The first-order chi connectivity index (χ1) is 9.34. The molecule has 0 spiro atoms. The zero-order chi connectivity index (χ0) is 15.8. The van der Waals surface area contributed by atoms with Gasteiger partial charge in [-0.3, -0.25) is 4.79 Å². The van der Waals surface area contributed by atoms with Crippen LogP contribution in [0.5, 0.6) is 0 Å². The molecule has 0 rings (SSSR count). The molecule has 0 radical (unpaired) electrons. The molecule has 118 valence electrons. The van der Waals surface area contributed by atoms with Gasteiger partial charge in [-0.25, -0.2) is 4.79 Å². The van der Waals surface area contributed by atoms with Gasteiger partial charge in [0.2, 0.25) is 0 Å². The fourth-order valence-corrected chi connectivity index (χ4v) is 2.06. The summed E-state index contributed by atoms with van der Waals surface area (Å²) in [5, 5.41) is 20.9. The maximum atomic E-state index is 12.1. The van der Waals surface area contributed by atoms with Gasteiger partial charge in [-0.15, -0.1) is 0 Å². The molecule has 0 unspecified atom stereocenters. The Morgan fingerprint density at radius 2 is 1.80 bits per heavy atom. The summed E-state index contributed by atoms with van der Waals surface area (Å²) >= 11 is 0. The van der Waals surface area contributed by atoms with Crippen molar-refractivity contribution in [3.8, 4) is 0 Å². The number of urea groups is 1. The van der Waals surface area contributed by atoms with E-state index >= 15 is 0 Å². The lowest BCUT2D eigenvalue weighted by atomic mass is 9.82. The summed E-state index contributed by atoms with van der Waals surface area (Å²) in [6.45, 7) is 8.02. The average molecular weight is 288 g/mol. The van der Waals surface area contributed by atoms with E-state index < -0.39 is 11.4 Å². The van der Waals surface area contributed by atoms with Crippen LogP contribution in [0.15, 0.2) is 0 Å². The number of rotatable bonds is 9. The number of carbonyl (C=O) groups is 2. The molecule has 0 heterocycles. The van der Waals surface area contributed by atoms with Gasteiger partial charge in [-0.05, 0) is 33.1 Å². The minimum absolute atomic E-state index is 0.00373. The van der Waals surface area contributed by atoms with E-state index in [0.29, 0.717) is 25.8 Å². The van der Waals surface area contributed by atoms with Crippen molar-refractivity contribution < 1.29 is 19.8 Å². The molecule has 3 N–H and O–H groups in total. The number of aliphatic hydroxyl groups excluding tert-OH is 1. The molecule has 0 fully saturated rings. The number of carbonyl (C=O) groups excluding carboxylic acids is 1. The zero-order valence-corrected chi connectivity index (χ0v) is 13.0. The van der Waals surface area contributed by atoms with Gasteiger partial charge >= 0.3 is 12.0 Å². The molecule has 6 nitrogen and oxygen atoms in total. The van der Waals surface area contributed by atoms with E-state index in [4.69, 9.17) is 5.11 Å². The van der Waals surface area contributed by atoms with E-state index in [1.165, 1.54) is 0 Å². The fourth-order valence-electron chi connectivity index (χ4n) is 2.06. The standard InChI is InChI=1S/C14H28N2O4/c1-5-14(6-2,12(18)19)10-15-13(20)16(11(3)4)8-7-9-17/h11,17H,5-10H2,1-4H3,(H,15,20)(H,18,19). The van der Waals surface area contributed by atoms with Crippen LogP contribution in [0.25, 0.3) is 0 Å². The predicted octanol–water partition coefficient (Wildman–Crippen LogP) is 1.68. The molecule has 0 aromatic carbocycles. The molecule has 0 aliphatic heterocycles. The van der Waals surface area contributed by atoms with Crippen LogP contribution in [-0.4, -0.2) is 52.9 Å². The average Bonchev–Trinajstić information content (AvgIpc) is 2.40.